The SMILES string of the molecule is Cc1c(CO)cccc1C1=COC=CO1. The molecule has 2 rings (SSSR count). The molecule has 1 heterocycles. The molecule has 0 saturated heterocycles. The topological polar surface area (TPSA) is 38.7 Å². The van der Waals surface area contributed by atoms with E-state index in [1.165, 1.54) is 12.5 Å². The molecule has 1 aliphatic heterocycles. The Bertz CT molecular complexity index is 419. The monoisotopic (exact) mass is 204 g/mol. The molecule has 3 heteroatoms. The summed E-state index contributed by atoms with van der Waals surface area (Å²) in [6, 6.07) is 5.71. The van der Waals surface area contributed by atoms with Crippen molar-refractivity contribution >= 4 is 5.76 Å². The first-order chi connectivity index (χ1) is 7.33. The predicted octanol–water partition coefficient (Wildman–Crippen LogP) is 2.30. The highest BCUT2D eigenvalue weighted by Crippen LogP contribution is 2.24. The molecule has 0 aromatic heterocycles. The molecule has 78 valence electrons. The molecule has 0 unspecified atom stereocenters. The fraction of sp³-hybridized carbons (Fsp3) is 0.167. The van der Waals surface area contributed by atoms with Crippen LogP contribution in [-0.2, 0) is 16.1 Å². The highest BCUT2D eigenvalue weighted by molar-refractivity contribution is 5.64. The second-order valence-corrected chi connectivity index (χ2v) is 3.26. The van der Waals surface area contributed by atoms with E-state index in [2.05, 4.69) is 0 Å². The number of ether oxygens (including phenoxy) is 2. The van der Waals surface area contributed by atoms with Crippen LogP contribution in [0.1, 0.15) is 16.7 Å². The summed E-state index contributed by atoms with van der Waals surface area (Å²) in [7, 11) is 0. The Balaban J connectivity index is 2.39. The van der Waals surface area contributed by atoms with Gasteiger partial charge >= 0.3 is 0 Å². The van der Waals surface area contributed by atoms with Crippen molar-refractivity contribution in [3.8, 4) is 0 Å². The second-order valence-electron chi connectivity index (χ2n) is 3.26. The lowest BCUT2D eigenvalue weighted by Gasteiger charge is -2.13. The number of benzene rings is 1. The summed E-state index contributed by atoms with van der Waals surface area (Å²) in [6.45, 7) is 1.98. The van der Waals surface area contributed by atoms with Gasteiger partial charge in [-0.05, 0) is 18.1 Å². The molecule has 1 aromatic rings. The third kappa shape index (κ3) is 1.87. The third-order valence-corrected chi connectivity index (χ3v) is 2.39. The van der Waals surface area contributed by atoms with Crippen LogP contribution in [0, 0.1) is 6.92 Å². The molecular weight excluding hydrogens is 192 g/mol. The number of rotatable bonds is 2. The molecule has 0 fully saturated rings. The first-order valence-electron chi connectivity index (χ1n) is 4.70. The van der Waals surface area contributed by atoms with E-state index in [0.717, 1.165) is 16.7 Å². The lowest BCUT2D eigenvalue weighted by atomic mass is 10.0. The third-order valence-electron chi connectivity index (χ3n) is 2.39. The average molecular weight is 204 g/mol. The van der Waals surface area contributed by atoms with E-state index in [4.69, 9.17) is 14.6 Å². The van der Waals surface area contributed by atoms with Crippen LogP contribution in [0.2, 0.25) is 0 Å². The minimum atomic E-state index is 0.0314. The van der Waals surface area contributed by atoms with Crippen LogP contribution in [0.4, 0.5) is 0 Å². The van der Waals surface area contributed by atoms with E-state index in [1.54, 1.807) is 6.26 Å². The summed E-state index contributed by atoms with van der Waals surface area (Å²) < 4.78 is 10.4. The van der Waals surface area contributed by atoms with Gasteiger partial charge in [-0.15, -0.1) is 0 Å². The van der Waals surface area contributed by atoms with Gasteiger partial charge < -0.3 is 14.6 Å². The molecule has 0 radical (unpaired) electrons. The predicted molar refractivity (Wildman–Crippen MR) is 56.4 cm³/mol. The fourth-order valence-corrected chi connectivity index (χ4v) is 1.51. The van der Waals surface area contributed by atoms with E-state index in [1.807, 2.05) is 25.1 Å². The minimum absolute atomic E-state index is 0.0314. The number of hydrogen-bond acceptors (Lipinski definition) is 3. The maximum absolute atomic E-state index is 9.14. The molecule has 1 N–H and O–H groups in total. The molecule has 15 heavy (non-hydrogen) atoms. The summed E-state index contributed by atoms with van der Waals surface area (Å²) >= 11 is 0. The average Bonchev–Trinajstić information content (AvgIpc) is 2.30. The lowest BCUT2D eigenvalue weighted by Crippen LogP contribution is -1.98. The van der Waals surface area contributed by atoms with Gasteiger partial charge in [0.2, 0.25) is 0 Å². The van der Waals surface area contributed by atoms with Crippen molar-refractivity contribution in [2.24, 2.45) is 0 Å². The molecule has 0 aliphatic carbocycles. The molecule has 0 spiro atoms. The van der Waals surface area contributed by atoms with Crippen LogP contribution in [-0.4, -0.2) is 5.11 Å². The highest BCUT2D eigenvalue weighted by Gasteiger charge is 2.10. The van der Waals surface area contributed by atoms with Gasteiger partial charge in [0, 0.05) is 5.56 Å². The molecule has 1 aliphatic rings. The Hall–Kier alpha value is -1.74. The largest absolute Gasteiger partial charge is 0.465 e. The Morgan fingerprint density at radius 2 is 2.13 bits per heavy atom. The van der Waals surface area contributed by atoms with Crippen LogP contribution in [0.15, 0.2) is 37.0 Å². The molecule has 3 nitrogen and oxygen atoms in total. The van der Waals surface area contributed by atoms with Crippen LogP contribution in [0.5, 0.6) is 0 Å². The van der Waals surface area contributed by atoms with E-state index >= 15 is 0 Å². The van der Waals surface area contributed by atoms with Crippen molar-refractivity contribution in [2.45, 2.75) is 13.5 Å². The Labute approximate surface area is 88.3 Å². The number of aliphatic hydroxyl groups is 1. The fourth-order valence-electron chi connectivity index (χ4n) is 1.51. The van der Waals surface area contributed by atoms with Crippen molar-refractivity contribution in [3.05, 3.63) is 53.7 Å². The van der Waals surface area contributed by atoms with Crippen molar-refractivity contribution < 1.29 is 14.6 Å². The van der Waals surface area contributed by atoms with Crippen LogP contribution >= 0.6 is 0 Å². The van der Waals surface area contributed by atoms with Gasteiger partial charge in [0.15, 0.2) is 5.76 Å². The summed E-state index contributed by atoms with van der Waals surface area (Å²) in [4.78, 5) is 0. The van der Waals surface area contributed by atoms with Crippen molar-refractivity contribution in [2.75, 3.05) is 0 Å². The Morgan fingerprint density at radius 3 is 2.80 bits per heavy atom. The zero-order valence-corrected chi connectivity index (χ0v) is 8.43. The molecule has 0 atom stereocenters. The van der Waals surface area contributed by atoms with E-state index < -0.39 is 0 Å². The first kappa shape index (κ1) is 9.80. The van der Waals surface area contributed by atoms with Gasteiger partial charge in [0.25, 0.3) is 0 Å². The van der Waals surface area contributed by atoms with Crippen LogP contribution < -0.4 is 0 Å². The molecule has 0 bridgehead atoms. The van der Waals surface area contributed by atoms with Crippen molar-refractivity contribution in [3.63, 3.8) is 0 Å². The van der Waals surface area contributed by atoms with Gasteiger partial charge in [-0.2, -0.15) is 0 Å². The quantitative estimate of drug-likeness (QED) is 0.803. The smallest absolute Gasteiger partial charge is 0.169 e. The van der Waals surface area contributed by atoms with Gasteiger partial charge in [-0.1, -0.05) is 18.2 Å². The molecule has 0 saturated carbocycles. The van der Waals surface area contributed by atoms with E-state index in [9.17, 15) is 0 Å². The molecule has 1 aromatic carbocycles. The second kappa shape index (κ2) is 4.19. The van der Waals surface area contributed by atoms with E-state index in [-0.39, 0.29) is 6.61 Å². The normalized spacial score (nSPS) is 14.1. The van der Waals surface area contributed by atoms with Crippen LogP contribution in [0.3, 0.4) is 0 Å². The minimum Gasteiger partial charge on any atom is -0.465 e. The zero-order valence-electron chi connectivity index (χ0n) is 8.43. The summed E-state index contributed by atoms with van der Waals surface area (Å²) in [5.41, 5.74) is 2.84. The summed E-state index contributed by atoms with van der Waals surface area (Å²) in [6.07, 6.45) is 4.50. The number of aliphatic hydroxyl groups excluding tert-OH is 1. The first-order valence-corrected chi connectivity index (χ1v) is 4.70. The van der Waals surface area contributed by atoms with Gasteiger partial charge in [-0.3, -0.25) is 0 Å². The summed E-state index contributed by atoms with van der Waals surface area (Å²) in [5, 5.41) is 9.14. The number of hydrogen-bond donors (Lipinski definition) is 1. The van der Waals surface area contributed by atoms with Crippen molar-refractivity contribution in [1.29, 1.82) is 0 Å². The maximum atomic E-state index is 9.14. The standard InChI is InChI=1S/C12H12O3/c1-9-10(7-13)3-2-4-11(9)12-8-14-5-6-15-12/h2-6,8,13H,7H2,1H3. The maximum Gasteiger partial charge on any atom is 0.169 e. The van der Waals surface area contributed by atoms with Gasteiger partial charge in [0.05, 0.1) is 6.61 Å². The molecule has 0 amide bonds. The van der Waals surface area contributed by atoms with Crippen molar-refractivity contribution in [1.82, 2.24) is 0 Å². The highest BCUT2D eigenvalue weighted by atomic mass is 16.5. The van der Waals surface area contributed by atoms with Gasteiger partial charge in [0.1, 0.15) is 18.8 Å². The molecular formula is C12H12O3. The Morgan fingerprint density at radius 1 is 1.27 bits per heavy atom. The van der Waals surface area contributed by atoms with Gasteiger partial charge in [-0.25, -0.2) is 0 Å². The van der Waals surface area contributed by atoms with Crippen LogP contribution in [0.25, 0.3) is 5.76 Å². The Kier molecular flexibility index (Phi) is 2.74. The zero-order chi connectivity index (χ0) is 10.7. The summed E-state index contributed by atoms with van der Waals surface area (Å²) in [5.74, 6) is 0.658. The van der Waals surface area contributed by atoms with E-state index in [0.29, 0.717) is 5.76 Å². The lowest BCUT2D eigenvalue weighted by molar-refractivity contribution is 0.280.